The van der Waals surface area contributed by atoms with E-state index in [1.165, 1.54) is 6.42 Å². The van der Waals surface area contributed by atoms with Crippen molar-refractivity contribution < 1.29 is 9.47 Å². The van der Waals surface area contributed by atoms with Crippen LogP contribution in [-0.4, -0.2) is 18.3 Å². The van der Waals surface area contributed by atoms with Crippen molar-refractivity contribution in [2.24, 2.45) is 0 Å². The summed E-state index contributed by atoms with van der Waals surface area (Å²) in [7, 11) is 0. The number of halogens is 1. The van der Waals surface area contributed by atoms with E-state index in [-0.39, 0.29) is 11.7 Å². The third kappa shape index (κ3) is 2.63. The lowest BCUT2D eigenvalue weighted by Crippen LogP contribution is -2.48. The van der Waals surface area contributed by atoms with Crippen LogP contribution in [0.1, 0.15) is 37.7 Å². The molecule has 2 fully saturated rings. The molecule has 1 unspecified atom stereocenters. The molecule has 1 spiro atoms. The molecule has 3 rings (SSSR count). The minimum atomic E-state index is 0.0745. The summed E-state index contributed by atoms with van der Waals surface area (Å²) in [5.74, 6) is 0.687. The highest BCUT2D eigenvalue weighted by Gasteiger charge is 2.43. The molecule has 3 nitrogen and oxygen atoms in total. The van der Waals surface area contributed by atoms with E-state index >= 15 is 0 Å². The minimum absolute atomic E-state index is 0.0745. The van der Waals surface area contributed by atoms with E-state index in [9.17, 15) is 0 Å². The van der Waals surface area contributed by atoms with Crippen LogP contribution in [0.4, 0.5) is 0 Å². The first kappa shape index (κ1) is 13.0. The predicted octanol–water partition coefficient (Wildman–Crippen LogP) is 3.80. The van der Waals surface area contributed by atoms with Crippen molar-refractivity contribution in [3.8, 4) is 11.8 Å². The smallest absolute Gasteiger partial charge is 0.137 e. The molecule has 0 bridgehead atoms. The average molecular weight is 322 g/mol. The van der Waals surface area contributed by atoms with Gasteiger partial charge in [-0.05, 0) is 37.5 Å². The summed E-state index contributed by atoms with van der Waals surface area (Å²) in [5, 5.41) is 9.16. The van der Waals surface area contributed by atoms with Gasteiger partial charge in [0.25, 0.3) is 0 Å². The Kier molecular flexibility index (Phi) is 3.51. The molecular formula is C15H16BrNO2. The average Bonchev–Trinajstić information content (AvgIpc) is 2.39. The normalized spacial score (nSPS) is 24.5. The second kappa shape index (κ2) is 5.15. The molecule has 1 aliphatic heterocycles. The topological polar surface area (TPSA) is 42.2 Å². The summed E-state index contributed by atoms with van der Waals surface area (Å²) in [6.07, 6.45) is 5.59. The van der Waals surface area contributed by atoms with Gasteiger partial charge in [-0.15, -0.1) is 0 Å². The molecule has 1 saturated heterocycles. The van der Waals surface area contributed by atoms with Crippen molar-refractivity contribution in [2.45, 2.75) is 43.8 Å². The standard InChI is InChI=1S/C15H16BrNO2/c16-12-2-3-14(11(8-12)10-17)19-13-4-7-18-15(9-13)5-1-6-15/h2-3,8,13H,1,4-7,9H2. The zero-order chi connectivity index (χ0) is 13.3. The SMILES string of the molecule is N#Cc1cc(Br)ccc1OC1CCOC2(CCC2)C1. The Balaban J connectivity index is 1.73. The third-order valence-corrected chi connectivity index (χ3v) is 4.56. The first-order chi connectivity index (χ1) is 9.21. The Labute approximate surface area is 121 Å². The van der Waals surface area contributed by atoms with Crippen LogP contribution in [0.25, 0.3) is 0 Å². The van der Waals surface area contributed by atoms with Gasteiger partial charge in [-0.3, -0.25) is 0 Å². The Morgan fingerprint density at radius 1 is 1.42 bits per heavy atom. The predicted molar refractivity (Wildman–Crippen MR) is 75.0 cm³/mol. The Morgan fingerprint density at radius 3 is 2.95 bits per heavy atom. The summed E-state index contributed by atoms with van der Waals surface area (Å²) in [6, 6.07) is 7.77. The van der Waals surface area contributed by atoms with Gasteiger partial charge in [0.2, 0.25) is 0 Å². The molecule has 1 saturated carbocycles. The fraction of sp³-hybridized carbons (Fsp3) is 0.533. The lowest BCUT2D eigenvalue weighted by atomic mass is 9.74. The third-order valence-electron chi connectivity index (χ3n) is 4.07. The number of ether oxygens (including phenoxy) is 2. The quantitative estimate of drug-likeness (QED) is 0.832. The summed E-state index contributed by atoms with van der Waals surface area (Å²) >= 11 is 3.37. The van der Waals surface area contributed by atoms with Gasteiger partial charge < -0.3 is 9.47 Å². The van der Waals surface area contributed by atoms with Crippen molar-refractivity contribution in [1.82, 2.24) is 0 Å². The maximum Gasteiger partial charge on any atom is 0.137 e. The maximum atomic E-state index is 9.16. The molecule has 1 aromatic carbocycles. The van der Waals surface area contributed by atoms with Gasteiger partial charge in [0.1, 0.15) is 17.9 Å². The summed E-state index contributed by atoms with van der Waals surface area (Å²) in [5.41, 5.74) is 0.661. The van der Waals surface area contributed by atoms with Gasteiger partial charge >= 0.3 is 0 Å². The highest BCUT2D eigenvalue weighted by molar-refractivity contribution is 9.10. The van der Waals surface area contributed by atoms with E-state index in [1.54, 1.807) is 6.07 Å². The van der Waals surface area contributed by atoms with Crippen molar-refractivity contribution >= 4 is 15.9 Å². The number of hydrogen-bond acceptors (Lipinski definition) is 3. The molecule has 2 aliphatic rings. The molecule has 1 aromatic rings. The summed E-state index contributed by atoms with van der Waals surface area (Å²) in [4.78, 5) is 0. The first-order valence-electron chi connectivity index (χ1n) is 6.71. The number of nitrogens with zero attached hydrogens (tertiary/aromatic N) is 1. The van der Waals surface area contributed by atoms with Crippen molar-refractivity contribution in [1.29, 1.82) is 5.26 Å². The lowest BCUT2D eigenvalue weighted by molar-refractivity contribution is -0.153. The van der Waals surface area contributed by atoms with Gasteiger partial charge in [-0.2, -0.15) is 5.26 Å². The van der Waals surface area contributed by atoms with E-state index in [2.05, 4.69) is 22.0 Å². The molecule has 100 valence electrons. The van der Waals surface area contributed by atoms with Gasteiger partial charge in [0.05, 0.1) is 17.8 Å². The van der Waals surface area contributed by atoms with Gasteiger partial charge in [0.15, 0.2) is 0 Å². The summed E-state index contributed by atoms with van der Waals surface area (Å²) < 4.78 is 12.8. The van der Waals surface area contributed by atoms with Crippen molar-refractivity contribution in [3.63, 3.8) is 0 Å². The van der Waals surface area contributed by atoms with E-state index in [0.29, 0.717) is 11.3 Å². The Morgan fingerprint density at radius 2 is 2.26 bits per heavy atom. The molecule has 4 heteroatoms. The van der Waals surface area contributed by atoms with Crippen molar-refractivity contribution in [3.05, 3.63) is 28.2 Å². The Bertz CT molecular complexity index is 519. The molecule has 0 aromatic heterocycles. The second-order valence-corrected chi connectivity index (χ2v) is 6.29. The zero-order valence-corrected chi connectivity index (χ0v) is 12.3. The van der Waals surface area contributed by atoms with E-state index in [0.717, 1.165) is 36.8 Å². The van der Waals surface area contributed by atoms with Crippen LogP contribution in [0.2, 0.25) is 0 Å². The fourth-order valence-corrected chi connectivity index (χ4v) is 3.24. The Hall–Kier alpha value is -1.05. The molecule has 0 radical (unpaired) electrons. The van der Waals surface area contributed by atoms with Crippen LogP contribution in [-0.2, 0) is 4.74 Å². The molecule has 0 N–H and O–H groups in total. The largest absolute Gasteiger partial charge is 0.489 e. The molecule has 1 aliphatic carbocycles. The van der Waals surface area contributed by atoms with Crippen LogP contribution in [0.5, 0.6) is 5.75 Å². The van der Waals surface area contributed by atoms with Crippen LogP contribution in [0.15, 0.2) is 22.7 Å². The first-order valence-corrected chi connectivity index (χ1v) is 7.50. The van der Waals surface area contributed by atoms with Gasteiger partial charge in [-0.25, -0.2) is 0 Å². The molecule has 1 atom stereocenters. The lowest BCUT2D eigenvalue weighted by Gasteiger charge is -2.46. The van der Waals surface area contributed by atoms with Crippen LogP contribution in [0, 0.1) is 11.3 Å². The van der Waals surface area contributed by atoms with Gasteiger partial charge in [-0.1, -0.05) is 15.9 Å². The highest BCUT2D eigenvalue weighted by atomic mass is 79.9. The molecule has 0 amide bonds. The second-order valence-electron chi connectivity index (χ2n) is 5.37. The van der Waals surface area contributed by atoms with Crippen LogP contribution in [0.3, 0.4) is 0 Å². The number of benzene rings is 1. The van der Waals surface area contributed by atoms with Crippen LogP contribution >= 0.6 is 15.9 Å². The highest BCUT2D eigenvalue weighted by Crippen LogP contribution is 2.43. The number of rotatable bonds is 2. The van der Waals surface area contributed by atoms with E-state index in [4.69, 9.17) is 14.7 Å². The van der Waals surface area contributed by atoms with Gasteiger partial charge in [0, 0.05) is 17.3 Å². The van der Waals surface area contributed by atoms with Crippen molar-refractivity contribution in [2.75, 3.05) is 6.61 Å². The monoisotopic (exact) mass is 321 g/mol. The number of hydrogen-bond donors (Lipinski definition) is 0. The van der Waals surface area contributed by atoms with E-state index in [1.807, 2.05) is 12.1 Å². The fourth-order valence-electron chi connectivity index (χ4n) is 2.87. The van der Waals surface area contributed by atoms with E-state index < -0.39 is 0 Å². The maximum absolute atomic E-state index is 9.16. The van der Waals surface area contributed by atoms with Crippen LogP contribution < -0.4 is 4.74 Å². The zero-order valence-electron chi connectivity index (χ0n) is 10.7. The molecular weight excluding hydrogens is 306 g/mol. The molecule has 1 heterocycles. The molecule has 19 heavy (non-hydrogen) atoms. The summed E-state index contributed by atoms with van der Waals surface area (Å²) in [6.45, 7) is 0.767. The number of nitriles is 1. The minimum Gasteiger partial charge on any atom is -0.489 e.